The minimum absolute atomic E-state index is 0.995. The summed E-state index contributed by atoms with van der Waals surface area (Å²) in [4.78, 5) is 0. The van der Waals surface area contributed by atoms with E-state index in [2.05, 4.69) is 62.5 Å². The SMILES string of the molecule is [CH2]CCC=CCC=CCC=CCC=CCCC. The second-order valence-electron chi connectivity index (χ2n) is 4.02. The fourth-order valence-electron chi connectivity index (χ4n) is 1.33. The van der Waals surface area contributed by atoms with Crippen molar-refractivity contribution in [1.82, 2.24) is 0 Å². The predicted octanol–water partition coefficient (Wildman–Crippen LogP) is 5.80. The van der Waals surface area contributed by atoms with Crippen LogP contribution in [0.25, 0.3) is 0 Å². The monoisotopic (exact) mass is 231 g/mol. The van der Waals surface area contributed by atoms with Gasteiger partial charge in [-0.15, -0.1) is 0 Å². The summed E-state index contributed by atoms with van der Waals surface area (Å²) in [6, 6.07) is 0. The van der Waals surface area contributed by atoms with Crippen molar-refractivity contribution in [2.75, 3.05) is 0 Å². The highest BCUT2D eigenvalue weighted by Crippen LogP contribution is 1.96. The van der Waals surface area contributed by atoms with Gasteiger partial charge in [0, 0.05) is 0 Å². The lowest BCUT2D eigenvalue weighted by Crippen LogP contribution is -1.65. The summed E-state index contributed by atoms with van der Waals surface area (Å²) in [6.07, 6.45) is 25.5. The zero-order valence-corrected chi connectivity index (χ0v) is 11.3. The molecular formula is C17H27. The largest absolute Gasteiger partial charge is 0.0882 e. The number of allylic oxidation sites excluding steroid dienone is 8. The number of hydrogen-bond donors (Lipinski definition) is 0. The second-order valence-corrected chi connectivity index (χ2v) is 4.02. The normalized spacial score (nSPS) is 12.8. The maximum atomic E-state index is 3.80. The van der Waals surface area contributed by atoms with E-state index in [1.165, 1.54) is 12.8 Å². The van der Waals surface area contributed by atoms with Crippen LogP contribution in [0.15, 0.2) is 48.6 Å². The third-order valence-corrected chi connectivity index (χ3v) is 2.31. The molecule has 0 aliphatic heterocycles. The summed E-state index contributed by atoms with van der Waals surface area (Å²) < 4.78 is 0. The Balaban J connectivity index is 3.36. The van der Waals surface area contributed by atoms with Gasteiger partial charge in [-0.05, 0) is 38.5 Å². The summed E-state index contributed by atoms with van der Waals surface area (Å²) in [6.45, 7) is 6.00. The molecule has 0 aliphatic carbocycles. The number of unbranched alkanes of at least 4 members (excludes halogenated alkanes) is 2. The quantitative estimate of drug-likeness (QED) is 0.417. The predicted molar refractivity (Wildman–Crippen MR) is 79.9 cm³/mol. The molecular weight excluding hydrogens is 204 g/mol. The zero-order valence-electron chi connectivity index (χ0n) is 11.3. The van der Waals surface area contributed by atoms with E-state index in [0.29, 0.717) is 0 Å². The van der Waals surface area contributed by atoms with E-state index in [1.54, 1.807) is 0 Å². The van der Waals surface area contributed by atoms with Gasteiger partial charge in [-0.3, -0.25) is 0 Å². The summed E-state index contributed by atoms with van der Waals surface area (Å²) in [5.41, 5.74) is 0. The molecule has 0 unspecified atom stereocenters. The molecule has 0 nitrogen and oxygen atoms in total. The molecule has 0 heterocycles. The lowest BCUT2D eigenvalue weighted by atomic mass is 10.2. The van der Waals surface area contributed by atoms with Gasteiger partial charge in [0.15, 0.2) is 0 Å². The molecule has 0 amide bonds. The highest BCUT2D eigenvalue weighted by Gasteiger charge is 1.75. The van der Waals surface area contributed by atoms with Crippen molar-refractivity contribution >= 4 is 0 Å². The third-order valence-electron chi connectivity index (χ3n) is 2.31. The van der Waals surface area contributed by atoms with Gasteiger partial charge in [-0.25, -0.2) is 0 Å². The molecule has 0 N–H and O–H groups in total. The molecule has 0 heteroatoms. The molecule has 1 radical (unpaired) electrons. The Hall–Kier alpha value is -1.04. The first kappa shape index (κ1) is 16.0. The van der Waals surface area contributed by atoms with Gasteiger partial charge in [0.05, 0.1) is 0 Å². The topological polar surface area (TPSA) is 0 Å². The number of rotatable bonds is 10. The van der Waals surface area contributed by atoms with E-state index < -0.39 is 0 Å². The van der Waals surface area contributed by atoms with E-state index in [1.807, 2.05) is 0 Å². The van der Waals surface area contributed by atoms with Gasteiger partial charge in [-0.1, -0.05) is 68.9 Å². The minimum atomic E-state index is 0.995. The van der Waals surface area contributed by atoms with Crippen LogP contribution < -0.4 is 0 Å². The van der Waals surface area contributed by atoms with Crippen molar-refractivity contribution in [3.8, 4) is 0 Å². The molecule has 0 atom stereocenters. The van der Waals surface area contributed by atoms with Crippen molar-refractivity contribution in [2.24, 2.45) is 0 Å². The maximum absolute atomic E-state index is 3.80. The van der Waals surface area contributed by atoms with Gasteiger partial charge >= 0.3 is 0 Å². The second kappa shape index (κ2) is 15.0. The molecule has 0 aliphatic rings. The van der Waals surface area contributed by atoms with Gasteiger partial charge < -0.3 is 0 Å². The first-order valence-electron chi connectivity index (χ1n) is 6.81. The van der Waals surface area contributed by atoms with Crippen LogP contribution in [0, 0.1) is 6.92 Å². The molecule has 0 saturated carbocycles. The lowest BCUT2D eigenvalue weighted by molar-refractivity contribution is 0.954. The summed E-state index contributed by atoms with van der Waals surface area (Å²) in [5, 5.41) is 0. The Labute approximate surface area is 108 Å². The average molecular weight is 231 g/mol. The highest BCUT2D eigenvalue weighted by molar-refractivity contribution is 4.99. The first-order chi connectivity index (χ1) is 8.41. The van der Waals surface area contributed by atoms with E-state index >= 15 is 0 Å². The van der Waals surface area contributed by atoms with E-state index in [-0.39, 0.29) is 0 Å². The van der Waals surface area contributed by atoms with Crippen LogP contribution in [-0.4, -0.2) is 0 Å². The Kier molecular flexibility index (Phi) is 14.0. The standard InChI is InChI=1S/C17H27/c1-3-5-7-9-11-13-15-17-16-14-12-10-8-6-4-2/h7-10,13-16H,1,3-6,11-12,17H2,2H3. The van der Waals surface area contributed by atoms with Gasteiger partial charge in [0.2, 0.25) is 0 Å². The van der Waals surface area contributed by atoms with Crippen LogP contribution >= 0.6 is 0 Å². The summed E-state index contributed by atoms with van der Waals surface area (Å²) >= 11 is 0. The maximum Gasteiger partial charge on any atom is -0.0169 e. The third kappa shape index (κ3) is 15.0. The lowest BCUT2D eigenvalue weighted by Gasteiger charge is -1.86. The van der Waals surface area contributed by atoms with Crippen LogP contribution in [0.4, 0.5) is 0 Å². The van der Waals surface area contributed by atoms with Crippen LogP contribution in [0.2, 0.25) is 0 Å². The summed E-state index contributed by atoms with van der Waals surface area (Å²) in [5.74, 6) is 0. The molecule has 95 valence electrons. The van der Waals surface area contributed by atoms with Crippen molar-refractivity contribution in [2.45, 2.75) is 51.9 Å². The van der Waals surface area contributed by atoms with Crippen molar-refractivity contribution in [3.05, 3.63) is 55.5 Å². The van der Waals surface area contributed by atoms with Gasteiger partial charge in [-0.2, -0.15) is 0 Å². The molecule has 0 bridgehead atoms. The molecule has 0 aromatic carbocycles. The Morgan fingerprint density at radius 2 is 1.06 bits per heavy atom. The van der Waals surface area contributed by atoms with E-state index in [4.69, 9.17) is 0 Å². The molecule has 0 fully saturated rings. The number of hydrogen-bond acceptors (Lipinski definition) is 0. The van der Waals surface area contributed by atoms with Crippen molar-refractivity contribution in [3.63, 3.8) is 0 Å². The fraction of sp³-hybridized carbons (Fsp3) is 0.471. The molecule has 17 heavy (non-hydrogen) atoms. The molecule has 0 aromatic heterocycles. The highest BCUT2D eigenvalue weighted by atomic mass is 13.8. The van der Waals surface area contributed by atoms with Gasteiger partial charge in [0.25, 0.3) is 0 Å². The first-order valence-corrected chi connectivity index (χ1v) is 6.81. The van der Waals surface area contributed by atoms with Crippen molar-refractivity contribution < 1.29 is 0 Å². The molecule has 0 aromatic rings. The summed E-state index contributed by atoms with van der Waals surface area (Å²) in [7, 11) is 0. The van der Waals surface area contributed by atoms with Crippen LogP contribution in [0.5, 0.6) is 0 Å². The van der Waals surface area contributed by atoms with Crippen LogP contribution in [-0.2, 0) is 0 Å². The minimum Gasteiger partial charge on any atom is -0.0882 e. The van der Waals surface area contributed by atoms with Gasteiger partial charge in [0.1, 0.15) is 0 Å². The van der Waals surface area contributed by atoms with E-state index in [9.17, 15) is 0 Å². The fourth-order valence-corrected chi connectivity index (χ4v) is 1.33. The van der Waals surface area contributed by atoms with Crippen LogP contribution in [0.3, 0.4) is 0 Å². The zero-order chi connectivity index (χ0) is 12.6. The molecule has 0 rings (SSSR count). The van der Waals surface area contributed by atoms with E-state index in [0.717, 1.165) is 32.1 Å². The molecule has 0 spiro atoms. The Morgan fingerprint density at radius 1 is 0.647 bits per heavy atom. The van der Waals surface area contributed by atoms with Crippen molar-refractivity contribution in [1.29, 1.82) is 0 Å². The van der Waals surface area contributed by atoms with Crippen LogP contribution in [0.1, 0.15) is 51.9 Å². The average Bonchev–Trinajstić information content (AvgIpc) is 2.35. The Bertz CT molecular complexity index is 215. The smallest absolute Gasteiger partial charge is 0.0169 e. The Morgan fingerprint density at radius 3 is 1.47 bits per heavy atom. The molecule has 0 saturated heterocycles.